The van der Waals surface area contributed by atoms with E-state index in [0.29, 0.717) is 0 Å². The first-order chi connectivity index (χ1) is 14.9. The summed E-state index contributed by atoms with van der Waals surface area (Å²) in [7, 11) is 0. The maximum Gasteiger partial charge on any atom is 0.326 e. The number of nitrogens with one attached hydrogen (secondary N) is 3. The first kappa shape index (κ1) is 28.9. The average Bonchev–Trinajstić information content (AvgIpc) is 2.69. The third kappa shape index (κ3) is 12.6. The second kappa shape index (κ2) is 14.8. The van der Waals surface area contributed by atoms with E-state index < -0.39 is 66.4 Å². The molecule has 0 aliphatic carbocycles. The Morgan fingerprint density at radius 3 is 1.75 bits per heavy atom. The fourth-order valence-electron chi connectivity index (χ4n) is 2.62. The molecule has 14 heteroatoms. The summed E-state index contributed by atoms with van der Waals surface area (Å²) in [5.41, 5.74) is 4.95. The van der Waals surface area contributed by atoms with Crippen molar-refractivity contribution < 1.29 is 49.2 Å². The monoisotopic (exact) mass is 462 g/mol. The standard InChI is InChI=1S/C18H30N4O10/c1-9(24)20-11(17(29)30)4-7-15(27)21-10(13(25)8-23)3-6-16(28)22-12(18(31)32)2-5-14(19)26/h10-12,17,23,29-30H,2-8H2,1H3,(H2,19,26)(H,20,24)(H,21,27)(H,22,28)(H,31,32). The SMILES string of the molecule is CC(=O)NC(CCC(=O)NC(CCC(=O)NC(CCC(N)=O)C(=O)O)C(=O)CO)C(O)O. The van der Waals surface area contributed by atoms with Crippen molar-refractivity contribution in [2.45, 2.75) is 69.9 Å². The predicted molar refractivity (Wildman–Crippen MR) is 106 cm³/mol. The molecule has 14 nitrogen and oxygen atoms in total. The van der Waals surface area contributed by atoms with Crippen LogP contribution in [0.25, 0.3) is 0 Å². The number of primary amides is 1. The molecule has 3 atom stereocenters. The number of nitrogens with two attached hydrogens (primary N) is 1. The number of aliphatic carboxylic acids is 1. The van der Waals surface area contributed by atoms with Crippen LogP contribution in [0.15, 0.2) is 0 Å². The fraction of sp³-hybridized carbons (Fsp3) is 0.667. The van der Waals surface area contributed by atoms with Crippen LogP contribution < -0.4 is 21.7 Å². The molecule has 0 aliphatic heterocycles. The number of hydrogen-bond donors (Lipinski definition) is 8. The Morgan fingerprint density at radius 2 is 1.31 bits per heavy atom. The number of Topliss-reactive ketones (excluding diaryl/α,β-unsaturated/α-hetero) is 1. The van der Waals surface area contributed by atoms with Crippen LogP contribution in [-0.2, 0) is 28.8 Å². The van der Waals surface area contributed by atoms with E-state index in [2.05, 4.69) is 16.0 Å². The van der Waals surface area contributed by atoms with Gasteiger partial charge >= 0.3 is 5.97 Å². The Bertz CT molecular complexity index is 697. The van der Waals surface area contributed by atoms with Crippen LogP contribution in [0.3, 0.4) is 0 Å². The van der Waals surface area contributed by atoms with Gasteiger partial charge in [-0.05, 0) is 19.3 Å². The number of carboxylic acid groups (broad SMARTS) is 1. The van der Waals surface area contributed by atoms with Crippen molar-refractivity contribution in [3.8, 4) is 0 Å². The van der Waals surface area contributed by atoms with Gasteiger partial charge in [0.15, 0.2) is 12.1 Å². The highest BCUT2D eigenvalue weighted by Crippen LogP contribution is 2.06. The highest BCUT2D eigenvalue weighted by atomic mass is 16.5. The Hall–Kier alpha value is -3.10. The second-order valence-corrected chi connectivity index (χ2v) is 7.01. The number of carbonyl (C=O) groups is 6. The molecule has 0 aromatic rings. The van der Waals surface area contributed by atoms with E-state index in [1.165, 1.54) is 0 Å². The molecule has 0 rings (SSSR count). The van der Waals surface area contributed by atoms with Gasteiger partial charge in [0.2, 0.25) is 23.6 Å². The van der Waals surface area contributed by atoms with Gasteiger partial charge in [-0.3, -0.25) is 24.0 Å². The predicted octanol–water partition coefficient (Wildman–Crippen LogP) is -3.76. The van der Waals surface area contributed by atoms with E-state index in [9.17, 15) is 39.0 Å². The van der Waals surface area contributed by atoms with Crippen molar-refractivity contribution in [2.75, 3.05) is 6.61 Å². The zero-order chi connectivity index (χ0) is 24.8. The summed E-state index contributed by atoms with van der Waals surface area (Å²) in [6.07, 6.45) is -3.50. The molecule has 0 radical (unpaired) electrons. The average molecular weight is 462 g/mol. The molecule has 0 saturated carbocycles. The van der Waals surface area contributed by atoms with Crippen LogP contribution in [0.5, 0.6) is 0 Å². The lowest BCUT2D eigenvalue weighted by molar-refractivity contribution is -0.142. The number of hydrogen-bond acceptors (Lipinski definition) is 9. The van der Waals surface area contributed by atoms with Crippen molar-refractivity contribution in [1.29, 1.82) is 0 Å². The number of ketones is 1. The van der Waals surface area contributed by atoms with Gasteiger partial charge in [0.05, 0.1) is 12.1 Å². The van der Waals surface area contributed by atoms with E-state index in [1.807, 2.05) is 0 Å². The highest BCUT2D eigenvalue weighted by Gasteiger charge is 2.25. The first-order valence-corrected chi connectivity index (χ1v) is 9.74. The topological polar surface area (TPSA) is 245 Å². The van der Waals surface area contributed by atoms with E-state index in [1.54, 1.807) is 0 Å². The van der Waals surface area contributed by atoms with Crippen LogP contribution in [0.1, 0.15) is 45.4 Å². The van der Waals surface area contributed by atoms with Crippen molar-refractivity contribution in [3.05, 3.63) is 0 Å². The third-order valence-corrected chi connectivity index (χ3v) is 4.28. The number of aliphatic hydroxyl groups excluding tert-OH is 2. The van der Waals surface area contributed by atoms with E-state index >= 15 is 0 Å². The van der Waals surface area contributed by atoms with Gasteiger partial charge in [0.1, 0.15) is 12.6 Å². The van der Waals surface area contributed by atoms with Crippen LogP contribution >= 0.6 is 0 Å². The Kier molecular flexibility index (Phi) is 13.4. The minimum absolute atomic E-state index is 0.163. The summed E-state index contributed by atoms with van der Waals surface area (Å²) in [5, 5.41) is 43.3. The zero-order valence-corrected chi connectivity index (χ0v) is 17.6. The van der Waals surface area contributed by atoms with Gasteiger partial charge in [-0.2, -0.15) is 0 Å². The number of aliphatic hydroxyl groups is 3. The summed E-state index contributed by atoms with van der Waals surface area (Å²) >= 11 is 0. The zero-order valence-electron chi connectivity index (χ0n) is 17.6. The van der Waals surface area contributed by atoms with Crippen LogP contribution in [0, 0.1) is 0 Å². The van der Waals surface area contributed by atoms with Gasteiger partial charge in [0.25, 0.3) is 0 Å². The molecule has 32 heavy (non-hydrogen) atoms. The first-order valence-electron chi connectivity index (χ1n) is 9.74. The fourth-order valence-corrected chi connectivity index (χ4v) is 2.62. The lowest BCUT2D eigenvalue weighted by Gasteiger charge is -2.21. The molecule has 182 valence electrons. The Balaban J connectivity index is 4.82. The second-order valence-electron chi connectivity index (χ2n) is 7.01. The molecule has 3 unspecified atom stereocenters. The molecular formula is C18H30N4O10. The molecule has 0 saturated heterocycles. The molecule has 0 aromatic carbocycles. The van der Waals surface area contributed by atoms with Gasteiger partial charge < -0.3 is 42.1 Å². The van der Waals surface area contributed by atoms with E-state index in [0.717, 1.165) is 6.92 Å². The van der Waals surface area contributed by atoms with Crippen molar-refractivity contribution in [3.63, 3.8) is 0 Å². The smallest absolute Gasteiger partial charge is 0.326 e. The number of amides is 4. The highest BCUT2D eigenvalue weighted by molar-refractivity contribution is 5.90. The third-order valence-electron chi connectivity index (χ3n) is 4.28. The molecule has 0 bridgehead atoms. The van der Waals surface area contributed by atoms with Crippen molar-refractivity contribution in [2.24, 2.45) is 5.73 Å². The summed E-state index contributed by atoms with van der Waals surface area (Å²) in [6, 6.07) is -3.75. The van der Waals surface area contributed by atoms with Crippen LogP contribution in [0.4, 0.5) is 0 Å². The molecule has 0 aliphatic rings. The summed E-state index contributed by atoms with van der Waals surface area (Å²) in [4.78, 5) is 69.0. The van der Waals surface area contributed by atoms with Gasteiger partial charge in [-0.25, -0.2) is 4.79 Å². The van der Waals surface area contributed by atoms with Crippen LogP contribution in [-0.4, -0.2) is 86.8 Å². The van der Waals surface area contributed by atoms with Crippen molar-refractivity contribution >= 4 is 35.4 Å². The lowest BCUT2D eigenvalue weighted by Crippen LogP contribution is -2.46. The lowest BCUT2D eigenvalue weighted by atomic mass is 10.0. The molecule has 0 aromatic heterocycles. The number of rotatable bonds is 16. The Labute approximate surface area is 183 Å². The summed E-state index contributed by atoms with van der Waals surface area (Å²) in [5.74, 6) is -4.93. The van der Waals surface area contributed by atoms with Gasteiger partial charge in [-0.1, -0.05) is 0 Å². The van der Waals surface area contributed by atoms with Gasteiger partial charge in [0, 0.05) is 26.2 Å². The van der Waals surface area contributed by atoms with Crippen LogP contribution in [0.2, 0.25) is 0 Å². The molecule has 0 spiro atoms. The maximum atomic E-state index is 12.1. The molecular weight excluding hydrogens is 432 g/mol. The largest absolute Gasteiger partial charge is 0.480 e. The number of carboxylic acids is 1. The van der Waals surface area contributed by atoms with Crippen molar-refractivity contribution in [1.82, 2.24) is 16.0 Å². The molecule has 0 heterocycles. The summed E-state index contributed by atoms with van der Waals surface area (Å²) in [6.45, 7) is 0.228. The summed E-state index contributed by atoms with van der Waals surface area (Å²) < 4.78 is 0. The minimum Gasteiger partial charge on any atom is -0.480 e. The Morgan fingerprint density at radius 1 is 0.812 bits per heavy atom. The van der Waals surface area contributed by atoms with E-state index in [4.69, 9.17) is 15.9 Å². The normalized spacial score (nSPS) is 13.5. The molecule has 9 N–H and O–H groups in total. The van der Waals surface area contributed by atoms with Gasteiger partial charge in [-0.15, -0.1) is 0 Å². The minimum atomic E-state index is -1.91. The maximum absolute atomic E-state index is 12.1. The molecule has 4 amide bonds. The molecule has 0 fully saturated rings. The quantitative estimate of drug-likeness (QED) is 0.104. The van der Waals surface area contributed by atoms with E-state index in [-0.39, 0.29) is 38.5 Å². The number of carbonyl (C=O) groups excluding carboxylic acids is 5.